The van der Waals surface area contributed by atoms with E-state index in [1.807, 2.05) is 44.2 Å². The Labute approximate surface area is 268 Å². The van der Waals surface area contributed by atoms with Gasteiger partial charge in [-0.1, -0.05) is 97.1 Å². The van der Waals surface area contributed by atoms with Gasteiger partial charge in [-0.25, -0.2) is 9.36 Å². The van der Waals surface area contributed by atoms with Gasteiger partial charge in [0.1, 0.15) is 22.7 Å². The van der Waals surface area contributed by atoms with Crippen molar-refractivity contribution in [1.29, 1.82) is 0 Å². The number of fused-ring (bicyclic) bond motifs is 1. The third kappa shape index (κ3) is 4.95. The highest BCUT2D eigenvalue weighted by molar-refractivity contribution is 6.01. The molecule has 4 aromatic carbocycles. The minimum absolute atomic E-state index is 0.0793. The van der Waals surface area contributed by atoms with Crippen LogP contribution in [0.1, 0.15) is 30.5 Å². The molecule has 0 spiro atoms. The molecule has 1 aliphatic rings. The molecule has 1 aliphatic heterocycles. The number of anilines is 1. The van der Waals surface area contributed by atoms with Crippen LogP contribution >= 0.6 is 0 Å². The number of hydrogen-bond donors (Lipinski definition) is 0. The van der Waals surface area contributed by atoms with Crippen molar-refractivity contribution in [2.45, 2.75) is 25.5 Å². The molecule has 0 unspecified atom stereocenters. The normalized spacial score (nSPS) is 13.8. The first-order valence-electron chi connectivity index (χ1n) is 15.7. The summed E-state index contributed by atoms with van der Waals surface area (Å²) in [6.07, 6.45) is 1.68. The zero-order valence-electron chi connectivity index (χ0n) is 26.3. The van der Waals surface area contributed by atoms with Gasteiger partial charge in [0, 0.05) is 20.1 Å². The van der Waals surface area contributed by atoms with Gasteiger partial charge < -0.3 is 14.4 Å². The van der Waals surface area contributed by atoms with E-state index in [4.69, 9.17) is 14.6 Å². The maximum absolute atomic E-state index is 13.9. The summed E-state index contributed by atoms with van der Waals surface area (Å²) in [5, 5.41) is 10.9. The molecule has 2 aromatic heterocycles. The van der Waals surface area contributed by atoms with Crippen LogP contribution < -0.4 is 15.2 Å². The van der Waals surface area contributed by atoms with Crippen molar-refractivity contribution in [1.82, 2.24) is 19.6 Å². The van der Waals surface area contributed by atoms with Crippen molar-refractivity contribution >= 4 is 16.6 Å². The van der Waals surface area contributed by atoms with Gasteiger partial charge in [-0.2, -0.15) is 10.2 Å². The number of nitrogens with zero attached hydrogens (tertiary/aromatic N) is 5. The Balaban J connectivity index is 1.64. The Morgan fingerprint density at radius 1 is 0.783 bits per heavy atom. The van der Waals surface area contributed by atoms with Crippen molar-refractivity contribution in [2.24, 2.45) is 7.05 Å². The molecule has 1 fully saturated rings. The van der Waals surface area contributed by atoms with E-state index >= 15 is 0 Å². The van der Waals surface area contributed by atoms with Crippen molar-refractivity contribution in [2.75, 3.05) is 31.2 Å². The topological polar surface area (TPSA) is 74.4 Å². The van der Waals surface area contributed by atoms with Crippen molar-refractivity contribution in [3.63, 3.8) is 0 Å². The highest BCUT2D eigenvalue weighted by atomic mass is 16.5. The maximum Gasteiger partial charge on any atom is 0.290 e. The molecule has 0 atom stereocenters. The van der Waals surface area contributed by atoms with Crippen LogP contribution in [0, 0.1) is 0 Å². The van der Waals surface area contributed by atoms with E-state index < -0.39 is 5.54 Å². The summed E-state index contributed by atoms with van der Waals surface area (Å²) in [6.45, 7) is 6.32. The third-order valence-electron chi connectivity index (χ3n) is 8.62. The van der Waals surface area contributed by atoms with Crippen LogP contribution in [0.4, 0.5) is 5.69 Å². The van der Waals surface area contributed by atoms with E-state index in [9.17, 15) is 4.79 Å². The SMILES string of the molecule is CC(C)Oc1cccc2c1c(-c1cnn(C)c(=O)c1N1CCOCC1)nn2C(c1ccccc1)(c1ccccc1)c1ccccc1. The zero-order chi connectivity index (χ0) is 31.7. The molecule has 232 valence electrons. The fourth-order valence-corrected chi connectivity index (χ4v) is 6.63. The molecule has 0 bridgehead atoms. The molecule has 3 heterocycles. The summed E-state index contributed by atoms with van der Waals surface area (Å²) in [5.41, 5.74) is 4.85. The van der Waals surface area contributed by atoms with Crippen molar-refractivity contribution in [3.8, 4) is 17.0 Å². The first kappa shape index (κ1) is 29.5. The van der Waals surface area contributed by atoms with Crippen molar-refractivity contribution < 1.29 is 9.47 Å². The van der Waals surface area contributed by atoms with Gasteiger partial charge >= 0.3 is 0 Å². The lowest BCUT2D eigenvalue weighted by Gasteiger charge is -2.37. The Bertz CT molecular complexity index is 1920. The van der Waals surface area contributed by atoms with Gasteiger partial charge in [0.25, 0.3) is 5.56 Å². The molecule has 0 saturated carbocycles. The summed E-state index contributed by atoms with van der Waals surface area (Å²) in [5.74, 6) is 0.699. The summed E-state index contributed by atoms with van der Waals surface area (Å²) in [7, 11) is 1.69. The van der Waals surface area contributed by atoms with E-state index in [2.05, 4.69) is 93.5 Å². The molecular formula is C38H37N5O3. The second kappa shape index (κ2) is 12.3. The Morgan fingerprint density at radius 2 is 1.35 bits per heavy atom. The molecule has 8 nitrogen and oxygen atoms in total. The highest BCUT2D eigenvalue weighted by Crippen LogP contribution is 2.46. The first-order chi connectivity index (χ1) is 22.5. The third-order valence-corrected chi connectivity index (χ3v) is 8.62. The number of morpholine rings is 1. The lowest BCUT2D eigenvalue weighted by Crippen LogP contribution is -2.41. The lowest BCUT2D eigenvalue weighted by atomic mass is 9.77. The number of aryl methyl sites for hydroxylation is 1. The predicted octanol–water partition coefficient (Wildman–Crippen LogP) is 6.26. The summed E-state index contributed by atoms with van der Waals surface area (Å²) in [4.78, 5) is 16.0. The molecule has 0 amide bonds. The van der Waals surface area contributed by atoms with Gasteiger partial charge in [0.2, 0.25) is 0 Å². The van der Waals surface area contributed by atoms with Crippen LogP contribution in [-0.4, -0.2) is 52.0 Å². The van der Waals surface area contributed by atoms with Crippen LogP contribution in [0.3, 0.4) is 0 Å². The first-order valence-corrected chi connectivity index (χ1v) is 15.7. The molecule has 1 saturated heterocycles. The van der Waals surface area contributed by atoms with Crippen LogP contribution in [-0.2, 0) is 17.3 Å². The molecule has 7 rings (SSSR count). The van der Waals surface area contributed by atoms with Crippen LogP contribution in [0.2, 0.25) is 0 Å². The standard InChI is InChI=1S/C38H37N5O3/c1-27(2)46-33-21-13-20-32-34(33)35(31-26-39-41(3)37(44)36(31)42-22-24-45-25-23-42)40-43(32)38(28-14-7-4-8-15-28,29-16-9-5-10-17-29)30-18-11-6-12-19-30/h4-21,26-27H,22-25H2,1-3H3. The molecule has 8 heteroatoms. The highest BCUT2D eigenvalue weighted by Gasteiger charge is 2.41. The quantitative estimate of drug-likeness (QED) is 0.189. The predicted molar refractivity (Wildman–Crippen MR) is 182 cm³/mol. The number of benzene rings is 4. The zero-order valence-corrected chi connectivity index (χ0v) is 26.3. The second-order valence-electron chi connectivity index (χ2n) is 11.8. The van der Waals surface area contributed by atoms with Gasteiger partial charge in [0.05, 0.1) is 42.0 Å². The van der Waals surface area contributed by atoms with E-state index in [0.717, 1.165) is 27.6 Å². The van der Waals surface area contributed by atoms with E-state index in [1.54, 1.807) is 13.2 Å². The fourth-order valence-electron chi connectivity index (χ4n) is 6.63. The van der Waals surface area contributed by atoms with Gasteiger partial charge in [0.15, 0.2) is 0 Å². The second-order valence-corrected chi connectivity index (χ2v) is 11.8. The summed E-state index contributed by atoms with van der Waals surface area (Å²) >= 11 is 0. The number of ether oxygens (including phenoxy) is 2. The smallest absolute Gasteiger partial charge is 0.290 e. The Kier molecular flexibility index (Phi) is 7.88. The average Bonchev–Trinajstić information content (AvgIpc) is 3.48. The van der Waals surface area contributed by atoms with Gasteiger partial charge in [-0.3, -0.25) is 4.79 Å². The summed E-state index contributed by atoms with van der Waals surface area (Å²) in [6, 6.07) is 37.5. The molecule has 0 radical (unpaired) electrons. The maximum atomic E-state index is 13.9. The minimum atomic E-state index is -0.872. The van der Waals surface area contributed by atoms with E-state index in [1.165, 1.54) is 4.68 Å². The van der Waals surface area contributed by atoms with Crippen LogP contribution in [0.25, 0.3) is 22.2 Å². The van der Waals surface area contributed by atoms with E-state index in [0.29, 0.717) is 49.0 Å². The van der Waals surface area contributed by atoms with Crippen molar-refractivity contribution in [3.05, 3.63) is 142 Å². The Morgan fingerprint density at radius 3 is 1.89 bits per heavy atom. The molecule has 0 N–H and O–H groups in total. The lowest BCUT2D eigenvalue weighted by molar-refractivity contribution is 0.122. The molecule has 46 heavy (non-hydrogen) atoms. The largest absolute Gasteiger partial charge is 0.490 e. The number of hydrogen-bond acceptors (Lipinski definition) is 6. The van der Waals surface area contributed by atoms with Gasteiger partial charge in [-0.15, -0.1) is 0 Å². The van der Waals surface area contributed by atoms with Crippen LogP contribution in [0.15, 0.2) is 120 Å². The molecule has 6 aromatic rings. The van der Waals surface area contributed by atoms with E-state index in [-0.39, 0.29) is 11.7 Å². The number of aromatic nitrogens is 4. The fraction of sp³-hybridized carbons (Fsp3) is 0.237. The van der Waals surface area contributed by atoms with Gasteiger partial charge in [-0.05, 0) is 42.7 Å². The molecular weight excluding hydrogens is 574 g/mol. The average molecular weight is 612 g/mol. The van der Waals surface area contributed by atoms with Crippen LogP contribution in [0.5, 0.6) is 5.75 Å². The molecule has 0 aliphatic carbocycles. The monoisotopic (exact) mass is 611 g/mol. The summed E-state index contributed by atoms with van der Waals surface area (Å²) < 4.78 is 15.6. The number of rotatable bonds is 8. The Hall–Kier alpha value is -5.21. The minimum Gasteiger partial charge on any atom is -0.490 e.